The van der Waals surface area contributed by atoms with Gasteiger partial charge in [-0.25, -0.2) is 0 Å². The van der Waals surface area contributed by atoms with E-state index in [1.165, 1.54) is 7.11 Å². The predicted octanol–water partition coefficient (Wildman–Crippen LogP) is 0.601. The van der Waals surface area contributed by atoms with Crippen molar-refractivity contribution in [3.63, 3.8) is 0 Å². The van der Waals surface area contributed by atoms with E-state index in [0.29, 0.717) is 19.5 Å². The van der Waals surface area contributed by atoms with Gasteiger partial charge in [-0.15, -0.1) is 0 Å². The SMILES string of the molecule is COCC(=O)NC1CC(=O)N(CCc2ccc(OC)cc2)C1. The standard InChI is InChI=1S/C16H22N2O4/c1-21-11-15(19)17-13-9-16(20)18(10-13)8-7-12-3-5-14(22-2)6-4-12/h3-6,13H,7-11H2,1-2H3,(H,17,19). The molecule has 120 valence electrons. The Bertz CT molecular complexity index is 515. The molecule has 1 fully saturated rings. The summed E-state index contributed by atoms with van der Waals surface area (Å²) in [6.07, 6.45) is 1.15. The molecule has 1 atom stereocenters. The van der Waals surface area contributed by atoms with Crippen LogP contribution in [0.1, 0.15) is 12.0 Å². The highest BCUT2D eigenvalue weighted by Crippen LogP contribution is 2.15. The Hall–Kier alpha value is -2.08. The first-order chi connectivity index (χ1) is 10.6. The van der Waals surface area contributed by atoms with Crippen molar-refractivity contribution in [3.05, 3.63) is 29.8 Å². The fourth-order valence-electron chi connectivity index (χ4n) is 2.54. The summed E-state index contributed by atoms with van der Waals surface area (Å²) in [5, 5.41) is 2.81. The van der Waals surface area contributed by atoms with Crippen LogP contribution in [-0.4, -0.2) is 56.7 Å². The molecule has 6 nitrogen and oxygen atoms in total. The average Bonchev–Trinajstić information content (AvgIpc) is 2.85. The first-order valence-electron chi connectivity index (χ1n) is 7.31. The summed E-state index contributed by atoms with van der Waals surface area (Å²) in [5.74, 6) is 0.718. The number of hydrogen-bond acceptors (Lipinski definition) is 4. The second kappa shape index (κ2) is 7.79. The van der Waals surface area contributed by atoms with Crippen LogP contribution >= 0.6 is 0 Å². The number of likely N-dealkylation sites (tertiary alicyclic amines) is 1. The number of carbonyl (C=O) groups excluding carboxylic acids is 2. The number of methoxy groups -OCH3 is 2. The molecule has 0 saturated carbocycles. The molecule has 1 saturated heterocycles. The lowest BCUT2D eigenvalue weighted by atomic mass is 10.1. The van der Waals surface area contributed by atoms with Crippen LogP contribution in [-0.2, 0) is 20.7 Å². The predicted molar refractivity (Wildman–Crippen MR) is 81.7 cm³/mol. The Kier molecular flexibility index (Phi) is 5.77. The highest BCUT2D eigenvalue weighted by atomic mass is 16.5. The normalized spacial score (nSPS) is 17.6. The molecule has 2 amide bonds. The van der Waals surface area contributed by atoms with Gasteiger partial charge in [-0.1, -0.05) is 12.1 Å². The number of amides is 2. The van der Waals surface area contributed by atoms with Gasteiger partial charge in [0.05, 0.1) is 13.2 Å². The molecule has 2 rings (SSSR count). The molecule has 1 aliphatic heterocycles. The van der Waals surface area contributed by atoms with Gasteiger partial charge in [0, 0.05) is 26.6 Å². The molecule has 1 unspecified atom stereocenters. The zero-order valence-electron chi connectivity index (χ0n) is 13.0. The topological polar surface area (TPSA) is 67.9 Å². The Labute approximate surface area is 130 Å². The minimum Gasteiger partial charge on any atom is -0.497 e. The molecule has 1 aromatic carbocycles. The smallest absolute Gasteiger partial charge is 0.246 e. The molecular formula is C16H22N2O4. The number of benzene rings is 1. The highest BCUT2D eigenvalue weighted by molar-refractivity contribution is 5.82. The van der Waals surface area contributed by atoms with E-state index in [1.807, 2.05) is 24.3 Å². The van der Waals surface area contributed by atoms with Crippen molar-refractivity contribution in [2.45, 2.75) is 18.9 Å². The van der Waals surface area contributed by atoms with E-state index in [4.69, 9.17) is 9.47 Å². The second-order valence-electron chi connectivity index (χ2n) is 5.34. The van der Waals surface area contributed by atoms with Crippen LogP contribution in [0, 0.1) is 0 Å². The summed E-state index contributed by atoms with van der Waals surface area (Å²) in [5.41, 5.74) is 1.15. The number of carbonyl (C=O) groups is 2. The number of nitrogens with one attached hydrogen (secondary N) is 1. The number of hydrogen-bond donors (Lipinski definition) is 1. The minimum atomic E-state index is -0.183. The lowest BCUT2D eigenvalue weighted by molar-refractivity contribution is -0.127. The number of ether oxygens (including phenoxy) is 2. The first-order valence-corrected chi connectivity index (χ1v) is 7.31. The maximum Gasteiger partial charge on any atom is 0.246 e. The van der Waals surface area contributed by atoms with E-state index in [1.54, 1.807) is 12.0 Å². The van der Waals surface area contributed by atoms with Crippen molar-refractivity contribution in [2.24, 2.45) is 0 Å². The molecular weight excluding hydrogens is 284 g/mol. The fourth-order valence-corrected chi connectivity index (χ4v) is 2.54. The second-order valence-corrected chi connectivity index (χ2v) is 5.34. The summed E-state index contributed by atoms with van der Waals surface area (Å²) in [7, 11) is 3.11. The molecule has 1 aromatic rings. The molecule has 6 heteroatoms. The Morgan fingerprint density at radius 2 is 2.05 bits per heavy atom. The maximum atomic E-state index is 12.0. The summed E-state index contributed by atoms with van der Waals surface area (Å²) in [6.45, 7) is 1.24. The third-order valence-corrected chi connectivity index (χ3v) is 3.68. The molecule has 22 heavy (non-hydrogen) atoms. The number of rotatable bonds is 7. The maximum absolute atomic E-state index is 12.0. The van der Waals surface area contributed by atoms with Crippen molar-refractivity contribution in [1.29, 1.82) is 0 Å². The van der Waals surface area contributed by atoms with Crippen LogP contribution < -0.4 is 10.1 Å². The molecule has 1 aliphatic rings. The van der Waals surface area contributed by atoms with Crippen molar-refractivity contribution in [2.75, 3.05) is 33.9 Å². The fraction of sp³-hybridized carbons (Fsp3) is 0.500. The molecule has 1 N–H and O–H groups in total. The Balaban J connectivity index is 1.80. The van der Waals surface area contributed by atoms with Gasteiger partial charge in [0.2, 0.25) is 11.8 Å². The monoisotopic (exact) mass is 306 g/mol. The number of nitrogens with zero attached hydrogens (tertiary/aromatic N) is 1. The van der Waals surface area contributed by atoms with Gasteiger partial charge < -0.3 is 19.7 Å². The molecule has 1 heterocycles. The van der Waals surface area contributed by atoms with E-state index >= 15 is 0 Å². The van der Waals surface area contributed by atoms with Crippen LogP contribution in [0.25, 0.3) is 0 Å². The van der Waals surface area contributed by atoms with Gasteiger partial charge in [-0.2, -0.15) is 0 Å². The van der Waals surface area contributed by atoms with E-state index in [9.17, 15) is 9.59 Å². The molecule has 0 spiro atoms. The van der Waals surface area contributed by atoms with Gasteiger partial charge in [0.25, 0.3) is 0 Å². The minimum absolute atomic E-state index is 0.0243. The van der Waals surface area contributed by atoms with Crippen LogP contribution in [0.15, 0.2) is 24.3 Å². The lowest BCUT2D eigenvalue weighted by Gasteiger charge is -2.17. The van der Waals surface area contributed by atoms with Crippen LogP contribution in [0.5, 0.6) is 5.75 Å². The third-order valence-electron chi connectivity index (χ3n) is 3.68. The van der Waals surface area contributed by atoms with Crippen molar-refractivity contribution >= 4 is 11.8 Å². The van der Waals surface area contributed by atoms with Crippen LogP contribution in [0.3, 0.4) is 0 Å². The lowest BCUT2D eigenvalue weighted by Crippen LogP contribution is -2.39. The quantitative estimate of drug-likeness (QED) is 0.801. The van der Waals surface area contributed by atoms with Crippen LogP contribution in [0.4, 0.5) is 0 Å². The Morgan fingerprint density at radius 3 is 2.68 bits per heavy atom. The molecule has 0 aliphatic carbocycles. The van der Waals surface area contributed by atoms with Gasteiger partial charge in [0.1, 0.15) is 12.4 Å². The first kappa shape index (κ1) is 16.3. The molecule has 0 radical (unpaired) electrons. The van der Waals surface area contributed by atoms with E-state index in [2.05, 4.69) is 5.32 Å². The van der Waals surface area contributed by atoms with Gasteiger partial charge in [-0.05, 0) is 24.1 Å². The largest absolute Gasteiger partial charge is 0.497 e. The summed E-state index contributed by atoms with van der Waals surface area (Å²) in [6, 6.07) is 7.70. The average molecular weight is 306 g/mol. The van der Waals surface area contributed by atoms with Crippen molar-refractivity contribution < 1.29 is 19.1 Å². The van der Waals surface area contributed by atoms with E-state index in [0.717, 1.165) is 17.7 Å². The Morgan fingerprint density at radius 1 is 1.32 bits per heavy atom. The van der Waals surface area contributed by atoms with Gasteiger partial charge >= 0.3 is 0 Å². The van der Waals surface area contributed by atoms with Gasteiger partial charge in [0.15, 0.2) is 0 Å². The van der Waals surface area contributed by atoms with Crippen molar-refractivity contribution in [3.8, 4) is 5.75 Å². The van der Waals surface area contributed by atoms with Crippen molar-refractivity contribution in [1.82, 2.24) is 10.2 Å². The van der Waals surface area contributed by atoms with E-state index in [-0.39, 0.29) is 24.5 Å². The highest BCUT2D eigenvalue weighted by Gasteiger charge is 2.30. The molecule has 0 bridgehead atoms. The van der Waals surface area contributed by atoms with Crippen LogP contribution in [0.2, 0.25) is 0 Å². The molecule has 0 aromatic heterocycles. The zero-order valence-corrected chi connectivity index (χ0v) is 13.0. The summed E-state index contributed by atoms with van der Waals surface area (Å²) >= 11 is 0. The summed E-state index contributed by atoms with van der Waals surface area (Å²) < 4.78 is 9.89. The third kappa shape index (κ3) is 4.46. The van der Waals surface area contributed by atoms with E-state index < -0.39 is 0 Å². The zero-order chi connectivity index (χ0) is 15.9. The summed E-state index contributed by atoms with van der Waals surface area (Å²) in [4.78, 5) is 25.2. The van der Waals surface area contributed by atoms with Gasteiger partial charge in [-0.3, -0.25) is 9.59 Å².